The van der Waals surface area contributed by atoms with Crippen LogP contribution < -0.4 is 4.74 Å². The maximum Gasteiger partial charge on any atom is 0.192 e. The number of ether oxygens (including phenoxy) is 1. The van der Waals surface area contributed by atoms with Crippen LogP contribution in [0.25, 0.3) is 22.5 Å². The van der Waals surface area contributed by atoms with Crippen LogP contribution in [0.1, 0.15) is 28.3 Å². The number of para-hydroxylation sites is 1. The first kappa shape index (κ1) is 20.6. The summed E-state index contributed by atoms with van der Waals surface area (Å²) >= 11 is 0. The molecule has 5 rings (SSSR count). The molecule has 0 atom stereocenters. The Labute approximate surface area is 190 Å². The zero-order chi connectivity index (χ0) is 22.9. The minimum atomic E-state index is 0.132. The Bertz CT molecular complexity index is 1500. The number of methoxy groups -OCH3 is 1. The standard InChI is InChI=1S/C24H23N7O2/c1-15-8-7-11-21(27-15)31-17(3)16(2)22-23(31)25-14-30-24(22)28-20(29-30)13-33-26-12-18-9-5-6-10-19(18)32-4/h5-12,14H,13H2,1-4H3/b26-12+. The number of oxime groups is 1. The van der Waals surface area contributed by atoms with E-state index in [-0.39, 0.29) is 6.61 Å². The predicted octanol–water partition coefficient (Wildman–Crippen LogP) is 3.95. The van der Waals surface area contributed by atoms with Gasteiger partial charge in [-0.2, -0.15) is 0 Å². The molecule has 0 fully saturated rings. The Hall–Kier alpha value is -4.27. The molecule has 0 spiro atoms. The highest BCUT2D eigenvalue weighted by Crippen LogP contribution is 2.29. The number of hydrogen-bond acceptors (Lipinski definition) is 7. The lowest BCUT2D eigenvalue weighted by Crippen LogP contribution is -2.02. The smallest absolute Gasteiger partial charge is 0.192 e. The van der Waals surface area contributed by atoms with Gasteiger partial charge in [0.05, 0.1) is 18.7 Å². The van der Waals surface area contributed by atoms with E-state index in [0.717, 1.165) is 50.8 Å². The van der Waals surface area contributed by atoms with Crippen LogP contribution in [-0.2, 0) is 11.4 Å². The van der Waals surface area contributed by atoms with Gasteiger partial charge in [0.1, 0.15) is 17.9 Å². The van der Waals surface area contributed by atoms with Crippen molar-refractivity contribution in [1.29, 1.82) is 0 Å². The van der Waals surface area contributed by atoms with E-state index in [2.05, 4.69) is 38.6 Å². The lowest BCUT2D eigenvalue weighted by atomic mass is 10.2. The molecular formula is C24H23N7O2. The van der Waals surface area contributed by atoms with Crippen molar-refractivity contribution in [2.45, 2.75) is 27.4 Å². The molecule has 33 heavy (non-hydrogen) atoms. The fraction of sp³-hybridized carbons (Fsp3) is 0.208. The van der Waals surface area contributed by atoms with E-state index in [1.807, 2.05) is 49.4 Å². The van der Waals surface area contributed by atoms with Gasteiger partial charge < -0.3 is 9.57 Å². The third-order valence-electron chi connectivity index (χ3n) is 5.58. The molecule has 1 aromatic carbocycles. The highest BCUT2D eigenvalue weighted by atomic mass is 16.6. The number of aromatic nitrogens is 6. The van der Waals surface area contributed by atoms with Crippen LogP contribution >= 0.6 is 0 Å². The first-order valence-electron chi connectivity index (χ1n) is 10.5. The number of aryl methyl sites for hydroxylation is 2. The van der Waals surface area contributed by atoms with Gasteiger partial charge in [-0.3, -0.25) is 4.57 Å². The summed E-state index contributed by atoms with van der Waals surface area (Å²) in [6.07, 6.45) is 3.27. The summed E-state index contributed by atoms with van der Waals surface area (Å²) in [6, 6.07) is 13.5. The van der Waals surface area contributed by atoms with Gasteiger partial charge in [0, 0.05) is 17.0 Å². The van der Waals surface area contributed by atoms with Gasteiger partial charge in [0.25, 0.3) is 0 Å². The molecule has 0 aliphatic carbocycles. The molecule has 9 nitrogen and oxygen atoms in total. The number of benzene rings is 1. The first-order valence-corrected chi connectivity index (χ1v) is 10.5. The van der Waals surface area contributed by atoms with Crippen LogP contribution in [0.3, 0.4) is 0 Å². The van der Waals surface area contributed by atoms with E-state index in [4.69, 9.17) is 14.6 Å². The second-order valence-electron chi connectivity index (χ2n) is 7.67. The van der Waals surface area contributed by atoms with Gasteiger partial charge >= 0.3 is 0 Å². The van der Waals surface area contributed by atoms with E-state index in [0.29, 0.717) is 5.82 Å². The van der Waals surface area contributed by atoms with E-state index < -0.39 is 0 Å². The van der Waals surface area contributed by atoms with Gasteiger partial charge in [-0.05, 0) is 50.6 Å². The Balaban J connectivity index is 1.46. The van der Waals surface area contributed by atoms with Crippen LogP contribution in [0, 0.1) is 20.8 Å². The lowest BCUT2D eigenvalue weighted by Gasteiger charge is -2.07. The molecule has 0 aliphatic rings. The van der Waals surface area contributed by atoms with Gasteiger partial charge in [-0.1, -0.05) is 23.4 Å². The number of fused-ring (bicyclic) bond motifs is 3. The lowest BCUT2D eigenvalue weighted by molar-refractivity contribution is 0.126. The van der Waals surface area contributed by atoms with Crippen molar-refractivity contribution < 1.29 is 9.57 Å². The van der Waals surface area contributed by atoms with E-state index in [1.165, 1.54) is 0 Å². The second-order valence-corrected chi connectivity index (χ2v) is 7.67. The fourth-order valence-electron chi connectivity index (χ4n) is 3.86. The van der Waals surface area contributed by atoms with Gasteiger partial charge in [0.2, 0.25) is 0 Å². The van der Waals surface area contributed by atoms with Crippen molar-refractivity contribution in [3.05, 3.63) is 77.1 Å². The van der Waals surface area contributed by atoms with Crippen molar-refractivity contribution in [3.63, 3.8) is 0 Å². The van der Waals surface area contributed by atoms with E-state index >= 15 is 0 Å². The molecule has 4 aromatic heterocycles. The SMILES string of the molecule is COc1ccccc1/C=N/OCc1nc2c3c(C)c(C)n(-c4cccc(C)n4)c3ncn2n1. The first-order chi connectivity index (χ1) is 16.1. The molecule has 0 bridgehead atoms. The summed E-state index contributed by atoms with van der Waals surface area (Å²) in [5.41, 5.74) is 5.43. The number of pyridine rings is 1. The monoisotopic (exact) mass is 441 g/mol. The molecule has 0 aliphatic heterocycles. The normalized spacial score (nSPS) is 11.6. The zero-order valence-electron chi connectivity index (χ0n) is 18.9. The van der Waals surface area contributed by atoms with Crippen molar-refractivity contribution in [1.82, 2.24) is 29.1 Å². The summed E-state index contributed by atoms with van der Waals surface area (Å²) in [6.45, 7) is 6.23. The maximum absolute atomic E-state index is 5.45. The maximum atomic E-state index is 5.45. The van der Waals surface area contributed by atoms with Crippen LogP contribution in [0.15, 0.2) is 53.9 Å². The average molecular weight is 441 g/mol. The third kappa shape index (κ3) is 3.67. The molecule has 166 valence electrons. The van der Waals surface area contributed by atoms with Crippen molar-refractivity contribution in [3.8, 4) is 11.6 Å². The largest absolute Gasteiger partial charge is 0.496 e. The predicted molar refractivity (Wildman–Crippen MR) is 125 cm³/mol. The fourth-order valence-corrected chi connectivity index (χ4v) is 3.86. The summed E-state index contributed by atoms with van der Waals surface area (Å²) in [7, 11) is 1.62. The average Bonchev–Trinajstić information content (AvgIpc) is 3.35. The molecule has 9 heteroatoms. The van der Waals surface area contributed by atoms with Gasteiger partial charge in [-0.25, -0.2) is 19.5 Å². The zero-order valence-corrected chi connectivity index (χ0v) is 18.9. The minimum absolute atomic E-state index is 0.132. The molecule has 4 heterocycles. The molecule has 5 aromatic rings. The molecular weight excluding hydrogens is 418 g/mol. The van der Waals surface area contributed by atoms with Gasteiger partial charge in [-0.15, -0.1) is 5.10 Å². The Morgan fingerprint density at radius 2 is 1.85 bits per heavy atom. The topological polar surface area (TPSA) is 91.7 Å². The van der Waals surface area contributed by atoms with Gasteiger partial charge in [0.15, 0.2) is 23.7 Å². The number of rotatable bonds is 6. The highest BCUT2D eigenvalue weighted by molar-refractivity contribution is 5.94. The van der Waals surface area contributed by atoms with Crippen LogP contribution in [0.2, 0.25) is 0 Å². The molecule has 0 amide bonds. The quantitative estimate of drug-likeness (QED) is 0.293. The van der Waals surface area contributed by atoms with E-state index in [9.17, 15) is 0 Å². The minimum Gasteiger partial charge on any atom is -0.496 e. The Morgan fingerprint density at radius 1 is 1.00 bits per heavy atom. The van der Waals surface area contributed by atoms with Crippen LogP contribution in [0.5, 0.6) is 5.75 Å². The summed E-state index contributed by atoms with van der Waals surface area (Å²) in [4.78, 5) is 19.5. The van der Waals surface area contributed by atoms with Crippen LogP contribution in [-0.4, -0.2) is 42.5 Å². The van der Waals surface area contributed by atoms with Crippen molar-refractivity contribution >= 4 is 22.9 Å². The molecule has 0 radical (unpaired) electrons. The third-order valence-corrected chi connectivity index (χ3v) is 5.58. The molecule has 0 N–H and O–H groups in total. The van der Waals surface area contributed by atoms with Crippen molar-refractivity contribution in [2.75, 3.05) is 7.11 Å². The summed E-state index contributed by atoms with van der Waals surface area (Å²) in [5.74, 6) is 2.07. The Morgan fingerprint density at radius 3 is 2.67 bits per heavy atom. The summed E-state index contributed by atoms with van der Waals surface area (Å²) < 4.78 is 9.04. The molecule has 0 unspecified atom stereocenters. The van der Waals surface area contributed by atoms with Crippen LogP contribution in [0.4, 0.5) is 0 Å². The molecule has 0 saturated carbocycles. The van der Waals surface area contributed by atoms with Crippen molar-refractivity contribution in [2.24, 2.45) is 5.16 Å². The summed E-state index contributed by atoms with van der Waals surface area (Å²) in [5, 5.41) is 9.48. The number of nitrogens with zero attached hydrogens (tertiary/aromatic N) is 7. The second kappa shape index (κ2) is 8.34. The molecule has 0 saturated heterocycles. The Kier molecular flexibility index (Phi) is 5.21. The highest BCUT2D eigenvalue weighted by Gasteiger charge is 2.19. The number of hydrogen-bond donors (Lipinski definition) is 0. The van der Waals surface area contributed by atoms with E-state index in [1.54, 1.807) is 24.2 Å².